The van der Waals surface area contributed by atoms with Crippen LogP contribution in [0.4, 0.5) is 0 Å². The summed E-state index contributed by atoms with van der Waals surface area (Å²) in [4.78, 5) is 1.77. The van der Waals surface area contributed by atoms with Crippen molar-refractivity contribution < 1.29 is 13.2 Å². The molecule has 0 aromatic heterocycles. The zero-order chi connectivity index (χ0) is 102. The van der Waals surface area contributed by atoms with Gasteiger partial charge >= 0.3 is 0 Å². The van der Waals surface area contributed by atoms with Gasteiger partial charge in [-0.05, 0) is 641 Å². The Kier molecular flexibility index (Phi) is 26.4. The molecule has 0 amide bonds. The first kappa shape index (κ1) is 101. The number of ether oxygens (including phenoxy) is 1. The van der Waals surface area contributed by atoms with E-state index in [9.17, 15) is 8.42 Å². The zero-order valence-corrected chi connectivity index (χ0v) is 94.0. The highest BCUT2D eigenvalue weighted by atomic mass is 32.2. The Labute approximate surface area is 845 Å². The maximum Gasteiger partial charge on any atom is 0.199 e. The Hall–Kier alpha value is -11.6. The van der Waals surface area contributed by atoms with Crippen LogP contribution in [0.15, 0.2) is 154 Å². The molecule has 0 unspecified atom stereocenters. The average molecular weight is 1880 g/mol. The Balaban J connectivity index is 0.000000147. The smallest absolute Gasteiger partial charge is 0.199 e. The van der Waals surface area contributed by atoms with Gasteiger partial charge in [0, 0.05) is 15.9 Å². The predicted molar refractivity (Wildman–Crippen MR) is 609 cm³/mol. The minimum absolute atomic E-state index is 0.405. The van der Waals surface area contributed by atoms with Gasteiger partial charge in [-0.25, -0.2) is 8.42 Å². The number of hydrogen-bond donors (Lipinski definition) is 0. The van der Waals surface area contributed by atoms with E-state index in [2.05, 4.69) is 358 Å². The summed E-state index contributed by atoms with van der Waals surface area (Å²) < 4.78 is 34.7. The van der Waals surface area contributed by atoms with Crippen molar-refractivity contribution in [1.82, 2.24) is 0 Å². The van der Waals surface area contributed by atoms with Crippen LogP contribution in [0.25, 0.3) is 99.1 Å². The summed E-state index contributed by atoms with van der Waals surface area (Å²) >= 11 is 1.88. The molecule has 0 atom stereocenters. The number of thioether (sulfide) groups is 1. The highest BCUT2D eigenvalue weighted by Gasteiger charge is 2.54. The van der Waals surface area contributed by atoms with E-state index in [4.69, 9.17) is 4.74 Å². The third-order valence-electron chi connectivity index (χ3n) is 36.7. The van der Waals surface area contributed by atoms with Crippen molar-refractivity contribution in [2.24, 2.45) is 0 Å². The number of rotatable bonds is 0. The first-order valence-electron chi connectivity index (χ1n) is 51.5. The molecular weight excluding hydrogens is 1730 g/mol. The molecule has 0 bridgehead atoms. The lowest BCUT2D eigenvalue weighted by Crippen LogP contribution is -2.35. The van der Waals surface area contributed by atoms with Crippen LogP contribution in [-0.2, 0) is 26.1 Å². The molecule has 0 fully saturated rings. The molecule has 15 aromatic carbocycles. The van der Waals surface area contributed by atoms with Gasteiger partial charge < -0.3 is 4.74 Å². The lowest BCUT2D eigenvalue weighted by molar-refractivity contribution is 0.445. The maximum atomic E-state index is 14.1. The number of sulfone groups is 1. The minimum Gasteiger partial charge on any atom is -0.465 e. The molecule has 6 aliphatic rings. The largest absolute Gasteiger partial charge is 0.465 e. The van der Waals surface area contributed by atoms with Crippen LogP contribution in [0.3, 0.4) is 0 Å². The fourth-order valence-electron chi connectivity index (χ4n) is 26.2. The second kappa shape index (κ2) is 36.4. The molecule has 720 valence electrons. The fraction of sp³-hybridized carbons (Fsp3) is 0.333. The first-order valence-corrected chi connectivity index (χ1v) is 53.9. The minimum atomic E-state index is -3.69. The van der Waals surface area contributed by atoms with Crippen LogP contribution in [-0.4, -0.2) is 8.42 Å². The monoisotopic (exact) mass is 1880 g/mol. The second-order valence-corrected chi connectivity index (χ2v) is 44.2. The third kappa shape index (κ3) is 13.9. The molecule has 0 saturated carbocycles. The molecule has 15 aromatic rings. The molecule has 0 N–H and O–H groups in total. The summed E-state index contributed by atoms with van der Waals surface area (Å²) in [6.07, 6.45) is 8.99. The summed E-state index contributed by atoms with van der Waals surface area (Å²) in [7, 11) is -3.69. The highest BCUT2D eigenvalue weighted by Crippen LogP contribution is 2.67. The summed E-state index contributed by atoms with van der Waals surface area (Å²) in [6.45, 7) is 95.6. The van der Waals surface area contributed by atoms with E-state index >= 15 is 0 Å². The Morgan fingerprint density at radius 2 is 0.421 bits per heavy atom. The van der Waals surface area contributed by atoms with Crippen LogP contribution in [0.2, 0.25) is 0 Å². The van der Waals surface area contributed by atoms with Crippen LogP contribution in [0.5, 0.6) is 5.75 Å². The number of hydrogen-bond acceptors (Lipinski definition) is 4. The normalized spacial score (nSPS) is 14.2. The van der Waals surface area contributed by atoms with Gasteiger partial charge in [-0.15, -0.1) is 0 Å². The van der Waals surface area contributed by atoms with Crippen molar-refractivity contribution >= 4 is 53.9 Å². The van der Waals surface area contributed by atoms with Gasteiger partial charge in [-0.2, -0.15) is 0 Å². The number of benzene rings is 15. The Morgan fingerprint density at radius 3 is 0.693 bits per heavy atom. The summed E-state index contributed by atoms with van der Waals surface area (Å²) in [5.41, 5.74) is 75.4. The Bertz CT molecular complexity index is 7590. The SMILES string of the molecule is CC.CC.CC.Cc1c(C)c(C)c2c(c1C)-c1c(C)c(C)c(C)c(C)c1C1(C=COc3cc4ccccc4cc31)c1c(C)c(C)c(C)c(C)c1-2.Cc1c(C)c(C)c2c(c1C)-c1c(C)c(C)c(C)c(C)c1C1(C=CS(=O)(=O)c3cc4ccccc4cc31)c1c(C)c(C)c(C)c(C)c1-2.Cc1c(C)c(C)c2c(c1C)-c1c(C)c(C)c(C)c(C)c1C1(C=CSc3cc4ccccc4cc31)c1c(C)c(C)c(C)c(C)c1-2. The van der Waals surface area contributed by atoms with E-state index in [1.54, 1.807) is 0 Å². The molecule has 3 aliphatic carbocycles. The van der Waals surface area contributed by atoms with Gasteiger partial charge in [0.1, 0.15) is 5.75 Å². The van der Waals surface area contributed by atoms with Crippen molar-refractivity contribution in [3.05, 3.63) is 395 Å². The topological polar surface area (TPSA) is 43.4 Å². The molecule has 3 aliphatic heterocycles. The fourth-order valence-corrected chi connectivity index (χ4v) is 28.5. The average Bonchev–Trinajstić information content (AvgIpc) is 1.49. The molecule has 21 rings (SSSR count). The van der Waals surface area contributed by atoms with E-state index < -0.39 is 26.1 Å². The number of allylic oxidation sites excluding steroid dienone is 3. The highest BCUT2D eigenvalue weighted by molar-refractivity contribution is 8.02. The molecule has 3 heterocycles. The number of fused-ring (bicyclic) bond motifs is 30. The molecule has 5 heteroatoms. The van der Waals surface area contributed by atoms with Crippen molar-refractivity contribution in [2.45, 2.75) is 317 Å². The first-order chi connectivity index (χ1) is 66.3. The Morgan fingerprint density at radius 1 is 0.214 bits per heavy atom. The van der Waals surface area contributed by atoms with E-state index in [1.165, 1.54) is 343 Å². The van der Waals surface area contributed by atoms with Gasteiger partial charge in [-0.3, -0.25) is 0 Å². The lowest BCUT2D eigenvalue weighted by Gasteiger charge is -2.42. The van der Waals surface area contributed by atoms with Crippen LogP contribution in [0.1, 0.15) is 292 Å². The van der Waals surface area contributed by atoms with E-state index in [-0.39, 0.29) is 0 Å². The summed E-state index contributed by atoms with van der Waals surface area (Å²) in [5.74, 6) is 0.945. The van der Waals surface area contributed by atoms with Gasteiger partial charge in [0.25, 0.3) is 0 Å². The molecule has 3 nitrogen and oxygen atoms in total. The standard InChI is InChI=1S/C43H44O2S.C43H44O.C43H44S.3C2H6/c1-21-22(2)28(8)38-37(27(21)7)39-29(9)23(3)25(5)31(11)41(39)43(42-32(12)26(6)24(4)30(10)40(38)42)17-18-46(44,45)36-20-34-16-14-13-15-33(34)19-35(36)43;2*1-21-22(2)28(8)38-37(27(21)7)39-29(9)23(3)25(5)31(11)41(39)43(42-32(12)26(6)24(4)30(10)40(38)42)17-18-44-36-20-34-16-14-13-15-33(34)19-35(36)43;3*1-2/h13-20H,1-12H3;2*13-20H,1-12H3;3*1-2H3. The van der Waals surface area contributed by atoms with Gasteiger partial charge in [0.15, 0.2) is 9.84 Å². The van der Waals surface area contributed by atoms with Gasteiger partial charge in [0.05, 0.1) is 27.4 Å². The molecule has 0 radical (unpaired) electrons. The van der Waals surface area contributed by atoms with Crippen molar-refractivity contribution in [3.63, 3.8) is 0 Å². The van der Waals surface area contributed by atoms with E-state index in [0.717, 1.165) is 22.1 Å². The zero-order valence-electron chi connectivity index (χ0n) is 92.4. The molecule has 3 spiro atoms. The third-order valence-corrected chi connectivity index (χ3v) is 39.0. The molecule has 0 saturated heterocycles. The predicted octanol–water partition coefficient (Wildman–Crippen LogP) is 37.5. The lowest BCUT2D eigenvalue weighted by atomic mass is 9.62. The maximum absolute atomic E-state index is 14.1. The van der Waals surface area contributed by atoms with E-state index in [0.29, 0.717) is 4.90 Å². The van der Waals surface area contributed by atoms with Crippen molar-refractivity contribution in [1.29, 1.82) is 0 Å². The van der Waals surface area contributed by atoms with Crippen LogP contribution < -0.4 is 4.74 Å². The van der Waals surface area contributed by atoms with Crippen molar-refractivity contribution in [2.75, 3.05) is 0 Å². The van der Waals surface area contributed by atoms with Gasteiger partial charge in [0.2, 0.25) is 0 Å². The molecular formula is C135H150O3S2. The van der Waals surface area contributed by atoms with Crippen LogP contribution in [0, 0.1) is 249 Å². The van der Waals surface area contributed by atoms with Gasteiger partial charge in [-0.1, -0.05) is 138 Å². The summed E-state index contributed by atoms with van der Waals surface area (Å²) in [6, 6.07) is 39.5. The summed E-state index contributed by atoms with van der Waals surface area (Å²) in [5, 5.41) is 10.9. The van der Waals surface area contributed by atoms with Crippen LogP contribution >= 0.6 is 11.8 Å². The molecule has 140 heavy (non-hydrogen) atoms. The van der Waals surface area contributed by atoms with E-state index in [1.807, 2.05) is 83.8 Å². The van der Waals surface area contributed by atoms with Crippen molar-refractivity contribution in [3.8, 4) is 72.5 Å². The second-order valence-electron chi connectivity index (χ2n) is 41.4. The quantitative estimate of drug-likeness (QED) is 0.152.